The number of nitrogens with two attached hydrogens (primary N) is 1. The van der Waals surface area contributed by atoms with Crippen LogP contribution in [0.4, 0.5) is 0 Å². The van der Waals surface area contributed by atoms with Crippen LogP contribution in [0.5, 0.6) is 0 Å². The molecule has 1 spiro atoms. The molecule has 1 aliphatic heterocycles. The standard InChI is InChI=1S/C7H13NOS/c8-6-4-10-7(1-2-7)5(6)3-9/h5-6,9H,1-4,8H2. The van der Waals surface area contributed by atoms with Crippen molar-refractivity contribution in [1.82, 2.24) is 0 Å². The highest BCUT2D eigenvalue weighted by atomic mass is 32.2. The molecule has 1 saturated carbocycles. The van der Waals surface area contributed by atoms with Gasteiger partial charge in [0.25, 0.3) is 0 Å². The second-order valence-corrected chi connectivity index (χ2v) is 4.76. The topological polar surface area (TPSA) is 46.2 Å². The monoisotopic (exact) mass is 159 g/mol. The van der Waals surface area contributed by atoms with Gasteiger partial charge in [-0.3, -0.25) is 0 Å². The molecule has 0 radical (unpaired) electrons. The van der Waals surface area contributed by atoms with Gasteiger partial charge in [-0.1, -0.05) is 0 Å². The van der Waals surface area contributed by atoms with Crippen molar-refractivity contribution in [2.45, 2.75) is 23.6 Å². The first-order chi connectivity index (χ1) is 4.78. The van der Waals surface area contributed by atoms with E-state index in [4.69, 9.17) is 10.8 Å². The maximum absolute atomic E-state index is 9.02. The summed E-state index contributed by atoms with van der Waals surface area (Å²) in [6.45, 7) is 0.286. The van der Waals surface area contributed by atoms with Gasteiger partial charge in [-0.15, -0.1) is 0 Å². The Morgan fingerprint density at radius 1 is 1.60 bits per heavy atom. The highest BCUT2D eigenvalue weighted by Crippen LogP contribution is 2.58. The van der Waals surface area contributed by atoms with E-state index in [0.29, 0.717) is 10.7 Å². The van der Waals surface area contributed by atoms with Crippen LogP contribution in [-0.4, -0.2) is 28.3 Å². The molecule has 10 heavy (non-hydrogen) atoms. The zero-order valence-electron chi connectivity index (χ0n) is 5.92. The third-order valence-electron chi connectivity index (χ3n) is 2.70. The van der Waals surface area contributed by atoms with Gasteiger partial charge >= 0.3 is 0 Å². The third kappa shape index (κ3) is 0.807. The van der Waals surface area contributed by atoms with E-state index in [9.17, 15) is 0 Å². The predicted octanol–water partition coefficient (Wildman–Crippen LogP) is 0.202. The summed E-state index contributed by atoms with van der Waals surface area (Å²) in [7, 11) is 0. The first kappa shape index (κ1) is 6.95. The van der Waals surface area contributed by atoms with Crippen LogP contribution in [0, 0.1) is 5.92 Å². The molecule has 1 saturated heterocycles. The van der Waals surface area contributed by atoms with Gasteiger partial charge in [0.05, 0.1) is 0 Å². The summed E-state index contributed by atoms with van der Waals surface area (Å²) >= 11 is 1.97. The van der Waals surface area contributed by atoms with Crippen molar-refractivity contribution in [1.29, 1.82) is 0 Å². The molecular weight excluding hydrogens is 146 g/mol. The average Bonchev–Trinajstić information content (AvgIpc) is 2.60. The van der Waals surface area contributed by atoms with Crippen molar-refractivity contribution in [3.63, 3.8) is 0 Å². The molecule has 0 amide bonds. The lowest BCUT2D eigenvalue weighted by atomic mass is 9.98. The summed E-state index contributed by atoms with van der Waals surface area (Å²) in [5, 5.41) is 9.02. The highest BCUT2D eigenvalue weighted by molar-refractivity contribution is 8.01. The minimum absolute atomic E-state index is 0.248. The van der Waals surface area contributed by atoms with E-state index in [2.05, 4.69) is 0 Å². The van der Waals surface area contributed by atoms with Gasteiger partial charge < -0.3 is 10.8 Å². The van der Waals surface area contributed by atoms with E-state index in [1.54, 1.807) is 0 Å². The quantitative estimate of drug-likeness (QED) is 0.574. The summed E-state index contributed by atoms with van der Waals surface area (Å²) in [6, 6.07) is 0.248. The normalized spacial score (nSPS) is 42.6. The average molecular weight is 159 g/mol. The van der Waals surface area contributed by atoms with Crippen LogP contribution in [0.2, 0.25) is 0 Å². The van der Waals surface area contributed by atoms with E-state index in [1.165, 1.54) is 12.8 Å². The summed E-state index contributed by atoms with van der Waals surface area (Å²) in [4.78, 5) is 0. The lowest BCUT2D eigenvalue weighted by Gasteiger charge is -2.17. The Balaban J connectivity index is 2.10. The van der Waals surface area contributed by atoms with E-state index in [1.807, 2.05) is 11.8 Å². The maximum atomic E-state index is 9.02. The predicted molar refractivity (Wildman–Crippen MR) is 43.0 cm³/mol. The highest BCUT2D eigenvalue weighted by Gasteiger charge is 2.55. The zero-order chi connectivity index (χ0) is 7.19. The lowest BCUT2D eigenvalue weighted by molar-refractivity contribution is 0.208. The van der Waals surface area contributed by atoms with E-state index in [-0.39, 0.29) is 12.6 Å². The molecule has 2 fully saturated rings. The van der Waals surface area contributed by atoms with Crippen LogP contribution in [-0.2, 0) is 0 Å². The largest absolute Gasteiger partial charge is 0.396 e. The number of hydrogen-bond donors (Lipinski definition) is 2. The van der Waals surface area contributed by atoms with Gasteiger partial charge in [-0.2, -0.15) is 11.8 Å². The molecule has 2 rings (SSSR count). The number of aliphatic hydroxyl groups excluding tert-OH is 1. The Morgan fingerprint density at radius 3 is 2.70 bits per heavy atom. The Labute approximate surface area is 65.2 Å². The van der Waals surface area contributed by atoms with Crippen LogP contribution in [0.25, 0.3) is 0 Å². The summed E-state index contributed by atoms with van der Waals surface area (Å²) < 4.78 is 0.425. The molecule has 58 valence electrons. The molecule has 2 aliphatic rings. The number of thioether (sulfide) groups is 1. The van der Waals surface area contributed by atoms with Crippen molar-refractivity contribution < 1.29 is 5.11 Å². The third-order valence-corrected chi connectivity index (χ3v) is 4.53. The van der Waals surface area contributed by atoms with Gasteiger partial charge in [0.2, 0.25) is 0 Å². The molecule has 0 bridgehead atoms. The molecule has 0 aromatic rings. The van der Waals surface area contributed by atoms with Crippen molar-refractivity contribution in [3.8, 4) is 0 Å². The molecule has 3 heteroatoms. The van der Waals surface area contributed by atoms with Gasteiger partial charge in [0.15, 0.2) is 0 Å². The Kier molecular flexibility index (Phi) is 1.48. The molecule has 2 nitrogen and oxygen atoms in total. The zero-order valence-corrected chi connectivity index (χ0v) is 6.73. The molecule has 0 aromatic heterocycles. The Bertz CT molecular complexity index is 147. The summed E-state index contributed by atoms with van der Waals surface area (Å²) in [5.41, 5.74) is 5.82. The van der Waals surface area contributed by atoms with Crippen LogP contribution in [0.3, 0.4) is 0 Å². The lowest BCUT2D eigenvalue weighted by Crippen LogP contribution is -2.34. The van der Waals surface area contributed by atoms with Crippen molar-refractivity contribution >= 4 is 11.8 Å². The number of aliphatic hydroxyl groups is 1. The fourth-order valence-electron chi connectivity index (χ4n) is 1.82. The molecular formula is C7H13NOS. The summed E-state index contributed by atoms with van der Waals surface area (Å²) in [5.74, 6) is 1.43. The first-order valence-corrected chi connectivity index (χ1v) is 4.77. The molecule has 3 N–H and O–H groups in total. The Hall–Kier alpha value is 0.270. The molecule has 0 aromatic carbocycles. The van der Waals surface area contributed by atoms with Crippen molar-refractivity contribution in [2.24, 2.45) is 11.7 Å². The van der Waals surface area contributed by atoms with E-state index in [0.717, 1.165) is 5.75 Å². The van der Waals surface area contributed by atoms with Crippen LogP contribution in [0.1, 0.15) is 12.8 Å². The number of rotatable bonds is 1. The van der Waals surface area contributed by atoms with Gasteiger partial charge in [-0.05, 0) is 12.8 Å². The molecule has 1 aliphatic carbocycles. The minimum atomic E-state index is 0.248. The van der Waals surface area contributed by atoms with Gasteiger partial charge in [0.1, 0.15) is 0 Å². The second kappa shape index (κ2) is 2.13. The SMILES string of the molecule is NC1CSC2(CC2)C1CO. The van der Waals surface area contributed by atoms with E-state index >= 15 is 0 Å². The van der Waals surface area contributed by atoms with Gasteiger partial charge in [0, 0.05) is 29.1 Å². The molecule has 2 unspecified atom stereocenters. The van der Waals surface area contributed by atoms with Gasteiger partial charge in [-0.25, -0.2) is 0 Å². The van der Waals surface area contributed by atoms with Crippen molar-refractivity contribution in [2.75, 3.05) is 12.4 Å². The Morgan fingerprint density at radius 2 is 2.30 bits per heavy atom. The first-order valence-electron chi connectivity index (χ1n) is 3.79. The molecule has 1 heterocycles. The minimum Gasteiger partial charge on any atom is -0.396 e. The fourth-order valence-corrected chi connectivity index (χ4v) is 3.43. The van der Waals surface area contributed by atoms with E-state index < -0.39 is 0 Å². The maximum Gasteiger partial charge on any atom is 0.0487 e. The van der Waals surface area contributed by atoms with Crippen LogP contribution in [0.15, 0.2) is 0 Å². The molecule has 2 atom stereocenters. The fraction of sp³-hybridized carbons (Fsp3) is 1.00. The number of hydrogen-bond acceptors (Lipinski definition) is 3. The van der Waals surface area contributed by atoms with Crippen LogP contribution < -0.4 is 5.73 Å². The summed E-state index contributed by atoms with van der Waals surface area (Å²) in [6.07, 6.45) is 2.55. The van der Waals surface area contributed by atoms with Crippen LogP contribution >= 0.6 is 11.8 Å². The smallest absolute Gasteiger partial charge is 0.0487 e. The second-order valence-electron chi connectivity index (χ2n) is 3.33. The van der Waals surface area contributed by atoms with Crippen molar-refractivity contribution in [3.05, 3.63) is 0 Å².